The lowest BCUT2D eigenvalue weighted by Gasteiger charge is -2.11. The lowest BCUT2D eigenvalue weighted by atomic mass is 10.1. The third kappa shape index (κ3) is 4.02. The summed E-state index contributed by atoms with van der Waals surface area (Å²) in [5.41, 5.74) is 4.11. The third-order valence-corrected chi connectivity index (χ3v) is 5.73. The SMILES string of the molecule is COc1ccc(-c2csc(NC(=O)Cc3c(C)nc4cc(=O)[nH]n4c3C)n2)cc1OC. The molecule has 3 aromatic heterocycles. The van der Waals surface area contributed by atoms with E-state index in [2.05, 4.69) is 20.4 Å². The number of aromatic nitrogens is 4. The van der Waals surface area contributed by atoms with E-state index in [0.29, 0.717) is 28.0 Å². The molecule has 0 fully saturated rings. The summed E-state index contributed by atoms with van der Waals surface area (Å²) in [6.07, 6.45) is 0.117. The largest absolute Gasteiger partial charge is 0.493 e. The molecule has 0 aliphatic heterocycles. The lowest BCUT2D eigenvalue weighted by Crippen LogP contribution is -2.17. The zero-order chi connectivity index (χ0) is 22.1. The lowest BCUT2D eigenvalue weighted by molar-refractivity contribution is -0.115. The number of methoxy groups -OCH3 is 2. The average molecular weight is 439 g/mol. The highest BCUT2D eigenvalue weighted by molar-refractivity contribution is 7.14. The molecule has 1 aromatic carbocycles. The smallest absolute Gasteiger partial charge is 0.266 e. The van der Waals surface area contributed by atoms with Crippen LogP contribution in [0.25, 0.3) is 16.9 Å². The number of anilines is 1. The standard InChI is InChI=1S/C21H21N5O4S/c1-11-14(12(2)26-18(22-11)9-20(28)25-26)8-19(27)24-21-23-15(10-31-21)13-5-6-16(29-3)17(7-13)30-4/h5-7,9-10H,8H2,1-4H3,(H,25,28)(H,23,24,27). The Morgan fingerprint density at radius 2 is 1.94 bits per heavy atom. The molecule has 4 rings (SSSR count). The molecule has 0 bridgehead atoms. The Balaban J connectivity index is 1.52. The second-order valence-corrected chi connectivity index (χ2v) is 7.77. The summed E-state index contributed by atoms with van der Waals surface area (Å²) in [7, 11) is 3.16. The topological polar surface area (TPSA) is 111 Å². The molecule has 0 spiro atoms. The number of fused-ring (bicyclic) bond motifs is 1. The minimum Gasteiger partial charge on any atom is -0.493 e. The highest BCUT2D eigenvalue weighted by atomic mass is 32.1. The monoisotopic (exact) mass is 439 g/mol. The van der Waals surface area contributed by atoms with Crippen LogP contribution < -0.4 is 20.3 Å². The van der Waals surface area contributed by atoms with E-state index in [1.54, 1.807) is 18.7 Å². The van der Waals surface area contributed by atoms with Gasteiger partial charge >= 0.3 is 0 Å². The second kappa shape index (κ2) is 8.23. The van der Waals surface area contributed by atoms with Crippen molar-refractivity contribution in [2.45, 2.75) is 20.3 Å². The van der Waals surface area contributed by atoms with Gasteiger partial charge in [0.2, 0.25) is 5.91 Å². The van der Waals surface area contributed by atoms with Gasteiger partial charge < -0.3 is 14.8 Å². The maximum absolute atomic E-state index is 12.7. The Bertz CT molecular complexity index is 1340. The third-order valence-electron chi connectivity index (χ3n) is 4.97. The molecule has 0 aliphatic carbocycles. The molecule has 0 unspecified atom stereocenters. The van der Waals surface area contributed by atoms with E-state index in [9.17, 15) is 9.59 Å². The first-order valence-electron chi connectivity index (χ1n) is 9.45. The van der Waals surface area contributed by atoms with Crippen LogP contribution in [0.2, 0.25) is 0 Å². The summed E-state index contributed by atoms with van der Waals surface area (Å²) < 4.78 is 12.2. The van der Waals surface area contributed by atoms with Gasteiger partial charge in [0.15, 0.2) is 22.3 Å². The number of benzene rings is 1. The van der Waals surface area contributed by atoms with Crippen molar-refractivity contribution in [2.24, 2.45) is 0 Å². The number of rotatable bonds is 6. The molecule has 160 valence electrons. The van der Waals surface area contributed by atoms with E-state index in [0.717, 1.165) is 22.5 Å². The minimum absolute atomic E-state index is 0.117. The van der Waals surface area contributed by atoms with Crippen LogP contribution in [0.4, 0.5) is 5.13 Å². The number of nitrogens with zero attached hydrogens (tertiary/aromatic N) is 3. The van der Waals surface area contributed by atoms with Gasteiger partial charge in [-0.05, 0) is 32.0 Å². The van der Waals surface area contributed by atoms with E-state index in [1.165, 1.54) is 17.4 Å². The first-order chi connectivity index (χ1) is 14.9. The zero-order valence-electron chi connectivity index (χ0n) is 17.5. The number of thiazole rings is 1. The van der Waals surface area contributed by atoms with Crippen molar-refractivity contribution in [1.29, 1.82) is 0 Å². The molecule has 0 atom stereocenters. The molecule has 9 nitrogen and oxygen atoms in total. The van der Waals surface area contributed by atoms with Crippen molar-refractivity contribution in [3.63, 3.8) is 0 Å². The van der Waals surface area contributed by atoms with Crippen LogP contribution >= 0.6 is 11.3 Å². The van der Waals surface area contributed by atoms with Crippen LogP contribution in [0.3, 0.4) is 0 Å². The second-order valence-electron chi connectivity index (χ2n) is 6.91. The van der Waals surface area contributed by atoms with Gasteiger partial charge in [-0.3, -0.25) is 14.7 Å². The number of aromatic amines is 1. The number of amides is 1. The summed E-state index contributed by atoms with van der Waals surface area (Å²) >= 11 is 1.34. The summed E-state index contributed by atoms with van der Waals surface area (Å²) in [5.74, 6) is 1.03. The molecule has 3 heterocycles. The summed E-state index contributed by atoms with van der Waals surface area (Å²) in [6.45, 7) is 3.67. The molecule has 10 heteroatoms. The van der Waals surface area contributed by atoms with Crippen molar-refractivity contribution in [3.05, 3.63) is 57.0 Å². The summed E-state index contributed by atoms with van der Waals surface area (Å²) in [4.78, 5) is 33.2. The molecular formula is C21H21N5O4S. The predicted octanol–water partition coefficient (Wildman–Crippen LogP) is 2.96. The van der Waals surface area contributed by atoms with Gasteiger partial charge in [-0.1, -0.05) is 0 Å². The van der Waals surface area contributed by atoms with Crippen LogP contribution in [0.5, 0.6) is 11.5 Å². The summed E-state index contributed by atoms with van der Waals surface area (Å²) in [5, 5.41) is 7.90. The molecule has 1 amide bonds. The maximum Gasteiger partial charge on any atom is 0.266 e. The fourth-order valence-corrected chi connectivity index (χ4v) is 4.13. The van der Waals surface area contributed by atoms with E-state index in [4.69, 9.17) is 9.47 Å². The fraction of sp³-hybridized carbons (Fsp3) is 0.238. The number of aryl methyl sites for hydroxylation is 2. The quantitative estimate of drug-likeness (QED) is 0.478. The van der Waals surface area contributed by atoms with E-state index < -0.39 is 0 Å². The highest BCUT2D eigenvalue weighted by Gasteiger charge is 2.16. The van der Waals surface area contributed by atoms with Crippen LogP contribution in [0.1, 0.15) is 17.0 Å². The Kier molecular flexibility index (Phi) is 5.47. The number of nitrogens with one attached hydrogen (secondary N) is 2. The average Bonchev–Trinajstić information content (AvgIpc) is 3.36. The number of ether oxygens (including phenoxy) is 2. The van der Waals surface area contributed by atoms with Gasteiger partial charge in [-0.25, -0.2) is 14.5 Å². The summed E-state index contributed by atoms with van der Waals surface area (Å²) in [6, 6.07) is 6.96. The number of H-pyrrole nitrogens is 1. The Hall–Kier alpha value is -3.66. The van der Waals surface area contributed by atoms with Gasteiger partial charge in [0, 0.05) is 34.0 Å². The van der Waals surface area contributed by atoms with Gasteiger partial charge in [0.1, 0.15) is 0 Å². The maximum atomic E-state index is 12.7. The normalized spacial score (nSPS) is 11.0. The molecular weight excluding hydrogens is 418 g/mol. The van der Waals surface area contributed by atoms with Gasteiger partial charge in [0.25, 0.3) is 5.56 Å². The van der Waals surface area contributed by atoms with Crippen LogP contribution in [0, 0.1) is 13.8 Å². The Morgan fingerprint density at radius 1 is 1.16 bits per heavy atom. The first kappa shape index (κ1) is 20.6. The van der Waals surface area contributed by atoms with Crippen molar-refractivity contribution in [1.82, 2.24) is 19.6 Å². The molecule has 0 aliphatic rings. The molecule has 0 radical (unpaired) electrons. The Morgan fingerprint density at radius 3 is 2.68 bits per heavy atom. The van der Waals surface area contributed by atoms with Gasteiger partial charge in [0.05, 0.1) is 26.3 Å². The minimum atomic E-state index is -0.234. The highest BCUT2D eigenvalue weighted by Crippen LogP contribution is 2.33. The number of carbonyl (C=O) groups is 1. The molecule has 0 saturated carbocycles. The molecule has 31 heavy (non-hydrogen) atoms. The van der Waals surface area contributed by atoms with Crippen LogP contribution in [0.15, 0.2) is 34.4 Å². The molecule has 2 N–H and O–H groups in total. The molecule has 0 saturated heterocycles. The fourth-order valence-electron chi connectivity index (χ4n) is 3.39. The zero-order valence-corrected chi connectivity index (χ0v) is 18.3. The molecule has 4 aromatic rings. The van der Waals surface area contributed by atoms with E-state index in [1.807, 2.05) is 37.4 Å². The van der Waals surface area contributed by atoms with Crippen molar-refractivity contribution >= 4 is 28.0 Å². The van der Waals surface area contributed by atoms with Gasteiger partial charge in [-0.15, -0.1) is 11.3 Å². The number of hydrogen-bond acceptors (Lipinski definition) is 7. The first-order valence-corrected chi connectivity index (χ1v) is 10.3. The number of hydrogen-bond donors (Lipinski definition) is 2. The van der Waals surface area contributed by atoms with E-state index >= 15 is 0 Å². The Labute approximate surface area is 181 Å². The number of carbonyl (C=O) groups excluding carboxylic acids is 1. The van der Waals surface area contributed by atoms with Crippen molar-refractivity contribution in [3.8, 4) is 22.8 Å². The van der Waals surface area contributed by atoms with Crippen molar-refractivity contribution < 1.29 is 14.3 Å². The van der Waals surface area contributed by atoms with E-state index in [-0.39, 0.29) is 17.9 Å². The van der Waals surface area contributed by atoms with Crippen LogP contribution in [-0.4, -0.2) is 39.7 Å². The van der Waals surface area contributed by atoms with Gasteiger partial charge in [-0.2, -0.15) is 0 Å². The van der Waals surface area contributed by atoms with Crippen LogP contribution in [-0.2, 0) is 11.2 Å². The van der Waals surface area contributed by atoms with Crippen molar-refractivity contribution in [2.75, 3.05) is 19.5 Å². The predicted molar refractivity (Wildman–Crippen MR) is 118 cm³/mol.